The van der Waals surface area contributed by atoms with E-state index in [0.717, 1.165) is 30.8 Å². The van der Waals surface area contributed by atoms with Gasteiger partial charge in [0.1, 0.15) is 5.75 Å². The van der Waals surface area contributed by atoms with Crippen LogP contribution in [0.5, 0.6) is 5.75 Å². The van der Waals surface area contributed by atoms with Gasteiger partial charge in [-0.1, -0.05) is 35.9 Å². The molecule has 0 amide bonds. The van der Waals surface area contributed by atoms with Gasteiger partial charge >= 0.3 is 0 Å². The Bertz CT molecular complexity index is 306. The van der Waals surface area contributed by atoms with Gasteiger partial charge in [0.2, 0.25) is 0 Å². The summed E-state index contributed by atoms with van der Waals surface area (Å²) < 4.78 is 6.02. The summed E-state index contributed by atoms with van der Waals surface area (Å²) >= 11 is 2.07. The maximum atomic E-state index is 11.3. The predicted molar refractivity (Wildman–Crippen MR) is 70.1 cm³/mol. The molecule has 0 atom stereocenters. The number of carbonyl (C=O) groups is 1. The Morgan fingerprint density at radius 1 is 1.33 bits per heavy atom. The molecule has 15 heavy (non-hydrogen) atoms. The maximum absolute atomic E-state index is 11.3. The summed E-state index contributed by atoms with van der Waals surface area (Å²) in [5.41, 5.74) is 0.757. The molecule has 0 aliphatic rings. The number of halogens is 1. The fourth-order valence-electron chi connectivity index (χ4n) is 1.15. The zero-order valence-corrected chi connectivity index (χ0v) is 11.0. The van der Waals surface area contributed by atoms with Crippen LogP contribution in [0.3, 0.4) is 0 Å². The minimum Gasteiger partial charge on any atom is -0.494 e. The van der Waals surface area contributed by atoms with Crippen molar-refractivity contribution < 1.29 is 9.53 Å². The zero-order chi connectivity index (χ0) is 11.1. The first kappa shape index (κ1) is 12.5. The van der Waals surface area contributed by atoms with Crippen molar-refractivity contribution in [3.63, 3.8) is 0 Å². The number of Topliss-reactive ketones (excluding diaryl/α,β-unsaturated/α-hetero) is 1. The first-order valence-electron chi connectivity index (χ1n) is 5.10. The first-order chi connectivity index (χ1) is 7.27. The Kier molecular flexibility index (Phi) is 5.68. The molecular formula is C12H15IO2. The predicted octanol–water partition coefficient (Wildman–Crippen LogP) is 3.48. The van der Waals surface area contributed by atoms with E-state index >= 15 is 0 Å². The molecular weight excluding hydrogens is 303 g/mol. The third-order valence-electron chi connectivity index (χ3n) is 2.06. The highest BCUT2D eigenvalue weighted by molar-refractivity contribution is 14.1. The minimum absolute atomic E-state index is 0.163. The van der Waals surface area contributed by atoms with Crippen molar-refractivity contribution in [2.24, 2.45) is 0 Å². The number of rotatable bonds is 6. The highest BCUT2D eigenvalue weighted by Gasteiger charge is 2.03. The van der Waals surface area contributed by atoms with Crippen molar-refractivity contribution in [3.8, 4) is 5.75 Å². The van der Waals surface area contributed by atoms with Gasteiger partial charge in [0.15, 0.2) is 5.78 Å². The topological polar surface area (TPSA) is 26.3 Å². The van der Waals surface area contributed by atoms with E-state index in [1.165, 1.54) is 0 Å². The second kappa shape index (κ2) is 6.82. The van der Waals surface area contributed by atoms with Gasteiger partial charge in [0.25, 0.3) is 0 Å². The summed E-state index contributed by atoms with van der Waals surface area (Å²) in [5, 5.41) is 0. The van der Waals surface area contributed by atoms with Crippen molar-refractivity contribution in [2.75, 3.05) is 11.0 Å². The normalized spacial score (nSPS) is 10.0. The molecule has 0 N–H and O–H groups in total. The van der Waals surface area contributed by atoms with Crippen molar-refractivity contribution in [1.82, 2.24) is 0 Å². The van der Waals surface area contributed by atoms with Crippen LogP contribution in [0.25, 0.3) is 0 Å². The Balaban J connectivity index is 2.52. The molecule has 0 aliphatic heterocycles. The fourth-order valence-corrected chi connectivity index (χ4v) is 1.59. The number of unbranched alkanes of at least 4 members (excludes halogenated alkanes) is 1. The molecule has 0 aromatic heterocycles. The van der Waals surface area contributed by atoms with E-state index in [4.69, 9.17) is 4.74 Å². The van der Waals surface area contributed by atoms with Crippen LogP contribution >= 0.6 is 22.6 Å². The zero-order valence-electron chi connectivity index (χ0n) is 8.83. The average Bonchev–Trinajstić information content (AvgIpc) is 2.29. The highest BCUT2D eigenvalue weighted by atomic mass is 127. The van der Waals surface area contributed by atoms with E-state index in [2.05, 4.69) is 29.5 Å². The summed E-state index contributed by atoms with van der Waals surface area (Å²) in [4.78, 5) is 11.3. The molecule has 0 unspecified atom stereocenters. The lowest BCUT2D eigenvalue weighted by atomic mass is 10.1. The van der Waals surface area contributed by atoms with Gasteiger partial charge in [-0.3, -0.25) is 4.79 Å². The van der Waals surface area contributed by atoms with Crippen LogP contribution in [-0.4, -0.2) is 16.8 Å². The molecule has 0 saturated carbocycles. The lowest BCUT2D eigenvalue weighted by Gasteiger charge is -2.05. The molecule has 0 heterocycles. The van der Waals surface area contributed by atoms with Gasteiger partial charge in [-0.05, 0) is 30.7 Å². The monoisotopic (exact) mass is 318 g/mol. The average molecular weight is 318 g/mol. The Morgan fingerprint density at radius 3 is 2.53 bits per heavy atom. The van der Waals surface area contributed by atoms with Crippen molar-refractivity contribution >= 4 is 28.4 Å². The Hall–Kier alpha value is -0.580. The molecule has 0 saturated heterocycles. The summed E-state index contributed by atoms with van der Waals surface area (Å²) in [6.07, 6.45) is 2.19. The minimum atomic E-state index is 0.163. The van der Waals surface area contributed by atoms with Crippen LogP contribution in [0.2, 0.25) is 0 Å². The first-order valence-corrected chi connectivity index (χ1v) is 6.62. The molecule has 0 bridgehead atoms. The lowest BCUT2D eigenvalue weighted by molar-refractivity contribution is 0.102. The van der Waals surface area contributed by atoms with Gasteiger partial charge in [-0.15, -0.1) is 0 Å². The van der Waals surface area contributed by atoms with E-state index < -0.39 is 0 Å². The van der Waals surface area contributed by atoms with Crippen molar-refractivity contribution in [1.29, 1.82) is 0 Å². The number of hydrogen-bond donors (Lipinski definition) is 0. The third kappa shape index (κ3) is 4.20. The van der Waals surface area contributed by atoms with Crippen LogP contribution < -0.4 is 4.74 Å². The molecule has 0 fully saturated rings. The van der Waals surface area contributed by atoms with Crippen LogP contribution in [-0.2, 0) is 0 Å². The Labute approximate surface area is 104 Å². The summed E-state index contributed by atoms with van der Waals surface area (Å²) in [5.74, 6) is 1.00. The van der Waals surface area contributed by atoms with E-state index in [-0.39, 0.29) is 5.78 Å². The maximum Gasteiger partial charge on any atom is 0.172 e. The van der Waals surface area contributed by atoms with Gasteiger partial charge < -0.3 is 4.74 Å². The molecule has 2 nitrogen and oxygen atoms in total. The molecule has 1 aromatic carbocycles. The number of ether oxygens (including phenoxy) is 1. The largest absolute Gasteiger partial charge is 0.494 e. The number of benzene rings is 1. The lowest BCUT2D eigenvalue weighted by Crippen LogP contribution is -2.00. The van der Waals surface area contributed by atoms with Crippen LogP contribution in [0, 0.1) is 0 Å². The van der Waals surface area contributed by atoms with Crippen molar-refractivity contribution in [2.45, 2.75) is 19.8 Å². The van der Waals surface area contributed by atoms with E-state index in [1.807, 2.05) is 24.3 Å². The summed E-state index contributed by atoms with van der Waals surface area (Å²) in [6, 6.07) is 7.36. The smallest absolute Gasteiger partial charge is 0.172 e. The Morgan fingerprint density at radius 2 is 2.00 bits per heavy atom. The molecule has 0 spiro atoms. The quantitative estimate of drug-likeness (QED) is 0.347. The second-order valence-electron chi connectivity index (χ2n) is 3.28. The van der Waals surface area contributed by atoms with Crippen molar-refractivity contribution in [3.05, 3.63) is 29.8 Å². The molecule has 0 radical (unpaired) electrons. The van der Waals surface area contributed by atoms with Gasteiger partial charge in [-0.25, -0.2) is 0 Å². The molecule has 1 aromatic rings. The van der Waals surface area contributed by atoms with Gasteiger partial charge in [0.05, 0.1) is 11.0 Å². The van der Waals surface area contributed by atoms with Crippen LogP contribution in [0.15, 0.2) is 24.3 Å². The van der Waals surface area contributed by atoms with Gasteiger partial charge in [0, 0.05) is 5.56 Å². The standard InChI is InChI=1S/C12H15IO2/c1-2-3-8-15-11-6-4-10(5-7-11)12(14)9-13/h4-7H,2-3,8-9H2,1H3. The molecule has 1 rings (SSSR count). The second-order valence-corrected chi connectivity index (χ2v) is 4.05. The number of hydrogen-bond acceptors (Lipinski definition) is 2. The number of alkyl halides is 1. The number of carbonyl (C=O) groups excluding carboxylic acids is 1. The molecule has 82 valence electrons. The third-order valence-corrected chi connectivity index (χ3v) is 2.76. The van der Waals surface area contributed by atoms with Gasteiger partial charge in [-0.2, -0.15) is 0 Å². The number of ketones is 1. The van der Waals surface area contributed by atoms with E-state index in [1.54, 1.807) is 0 Å². The molecule has 0 aliphatic carbocycles. The van der Waals surface area contributed by atoms with E-state index in [0.29, 0.717) is 4.43 Å². The van der Waals surface area contributed by atoms with Crippen LogP contribution in [0.1, 0.15) is 30.1 Å². The summed E-state index contributed by atoms with van der Waals surface area (Å²) in [6.45, 7) is 2.88. The van der Waals surface area contributed by atoms with Crippen LogP contribution in [0.4, 0.5) is 0 Å². The molecule has 3 heteroatoms. The van der Waals surface area contributed by atoms with E-state index in [9.17, 15) is 4.79 Å². The summed E-state index contributed by atoms with van der Waals surface area (Å²) in [7, 11) is 0. The SMILES string of the molecule is CCCCOc1ccc(C(=O)CI)cc1. The fraction of sp³-hybridized carbons (Fsp3) is 0.417. The highest BCUT2D eigenvalue weighted by Crippen LogP contribution is 2.13.